The number of H-pyrrole nitrogens is 2. The number of rotatable bonds is 14. The van der Waals surface area contributed by atoms with Gasteiger partial charge in [-0.05, 0) is 17.5 Å². The van der Waals surface area contributed by atoms with Crippen molar-refractivity contribution < 1.29 is 29.1 Å². The summed E-state index contributed by atoms with van der Waals surface area (Å²) >= 11 is 0. The van der Waals surface area contributed by atoms with Crippen molar-refractivity contribution in [2.45, 2.75) is 57.3 Å². The lowest BCUT2D eigenvalue weighted by Crippen LogP contribution is -2.58. The molecule has 0 fully saturated rings. The first kappa shape index (κ1) is 29.8. The van der Waals surface area contributed by atoms with E-state index >= 15 is 0 Å². The number of imidazole rings is 1. The van der Waals surface area contributed by atoms with Gasteiger partial charge in [-0.1, -0.05) is 32.0 Å². The molecule has 0 aliphatic heterocycles. The Bertz CT molecular complexity index is 1350. The minimum atomic E-state index is -1.50. The van der Waals surface area contributed by atoms with Crippen molar-refractivity contribution in [2.24, 2.45) is 17.4 Å². The summed E-state index contributed by atoms with van der Waals surface area (Å²) < 4.78 is 0. The molecule has 10 N–H and O–H groups in total. The molecule has 1 aromatic carbocycles. The van der Waals surface area contributed by atoms with Crippen LogP contribution in [0, 0.1) is 5.92 Å². The van der Waals surface area contributed by atoms with E-state index in [0.717, 1.165) is 10.9 Å². The number of fused-ring (bicyclic) bond motifs is 1. The highest BCUT2D eigenvalue weighted by molar-refractivity contribution is 5.96. The minimum Gasteiger partial charge on any atom is -0.480 e. The summed E-state index contributed by atoms with van der Waals surface area (Å²) in [6.07, 6.45) is 3.83. The molecule has 0 saturated heterocycles. The standard InChI is InChI=1S/C26H34N8O6/c1-13(2)22(28)25(38)33-18(8-15-11-29-12-31-15)23(36)32-19(9-21(27)35)24(37)34-20(26(39)40)7-14-10-30-17-6-4-3-5-16(14)17/h3-6,10-13,18-20,22,30H,7-9,28H2,1-2H3,(H2,27,35)(H,29,31)(H,32,36)(H,33,38)(H,34,37)(H,39,40). The maximum atomic E-state index is 13.3. The van der Waals surface area contributed by atoms with Crippen molar-refractivity contribution in [3.63, 3.8) is 0 Å². The Labute approximate surface area is 229 Å². The third kappa shape index (κ3) is 7.89. The zero-order valence-electron chi connectivity index (χ0n) is 22.1. The average Bonchev–Trinajstić information content (AvgIpc) is 3.56. The molecule has 0 aliphatic rings. The van der Waals surface area contributed by atoms with Crippen LogP contribution in [0.3, 0.4) is 0 Å². The lowest BCUT2D eigenvalue weighted by Gasteiger charge is -2.25. The number of aliphatic carboxylic acids is 1. The Morgan fingerprint density at radius 2 is 1.57 bits per heavy atom. The van der Waals surface area contributed by atoms with Gasteiger partial charge in [0, 0.05) is 41.8 Å². The number of para-hydroxylation sites is 1. The molecule has 0 aliphatic carbocycles. The molecule has 14 heteroatoms. The number of carboxylic acid groups (broad SMARTS) is 1. The number of nitrogens with one attached hydrogen (secondary N) is 5. The fourth-order valence-electron chi connectivity index (χ4n) is 4.07. The molecule has 0 saturated carbocycles. The van der Waals surface area contributed by atoms with Gasteiger partial charge < -0.3 is 42.5 Å². The summed E-state index contributed by atoms with van der Waals surface area (Å²) in [6.45, 7) is 3.49. The van der Waals surface area contributed by atoms with E-state index in [9.17, 15) is 29.1 Å². The van der Waals surface area contributed by atoms with Crippen molar-refractivity contribution in [3.8, 4) is 0 Å². The maximum absolute atomic E-state index is 13.3. The average molecular weight is 555 g/mol. The van der Waals surface area contributed by atoms with Crippen molar-refractivity contribution in [3.05, 3.63) is 54.2 Å². The summed E-state index contributed by atoms with van der Waals surface area (Å²) in [5.41, 5.74) is 13.2. The molecule has 4 atom stereocenters. The molecule has 3 rings (SSSR count). The van der Waals surface area contributed by atoms with Gasteiger partial charge >= 0.3 is 5.97 Å². The van der Waals surface area contributed by atoms with E-state index in [0.29, 0.717) is 11.3 Å². The largest absolute Gasteiger partial charge is 0.480 e. The van der Waals surface area contributed by atoms with Gasteiger partial charge in [0.15, 0.2) is 0 Å². The second kappa shape index (κ2) is 13.4. The zero-order valence-corrected chi connectivity index (χ0v) is 22.1. The third-order valence-electron chi connectivity index (χ3n) is 6.38. The maximum Gasteiger partial charge on any atom is 0.326 e. The van der Waals surface area contributed by atoms with Gasteiger partial charge in [-0.3, -0.25) is 19.2 Å². The van der Waals surface area contributed by atoms with Gasteiger partial charge in [-0.25, -0.2) is 9.78 Å². The van der Waals surface area contributed by atoms with E-state index < -0.39 is 60.2 Å². The SMILES string of the molecule is CC(C)C(N)C(=O)NC(Cc1cnc[nH]1)C(=O)NC(CC(N)=O)C(=O)NC(Cc1c[nH]c2ccccc12)C(=O)O. The number of carbonyl (C=O) groups excluding carboxylic acids is 4. The minimum absolute atomic E-state index is 0.0222. The summed E-state index contributed by atoms with van der Waals surface area (Å²) in [6, 6.07) is 2.31. The molecular formula is C26H34N8O6. The lowest BCUT2D eigenvalue weighted by molar-refractivity contribution is -0.142. The second-order valence-corrected chi connectivity index (χ2v) is 9.81. The number of amides is 4. The monoisotopic (exact) mass is 554 g/mol. The van der Waals surface area contributed by atoms with Crippen LogP contribution in [-0.4, -0.2) is 73.8 Å². The first-order chi connectivity index (χ1) is 19.0. The molecular weight excluding hydrogens is 520 g/mol. The fourth-order valence-corrected chi connectivity index (χ4v) is 4.07. The summed E-state index contributed by atoms with van der Waals surface area (Å²) in [5.74, 6) is -4.74. The number of primary amides is 1. The molecule has 3 aromatic rings. The van der Waals surface area contributed by atoms with E-state index in [1.807, 2.05) is 18.2 Å². The highest BCUT2D eigenvalue weighted by Gasteiger charge is 2.32. The van der Waals surface area contributed by atoms with Crippen LogP contribution < -0.4 is 27.4 Å². The quantitative estimate of drug-likeness (QED) is 0.124. The number of aromatic nitrogens is 3. The Morgan fingerprint density at radius 3 is 2.20 bits per heavy atom. The van der Waals surface area contributed by atoms with Crippen LogP contribution in [-0.2, 0) is 36.8 Å². The molecule has 0 bridgehead atoms. The zero-order chi connectivity index (χ0) is 29.4. The van der Waals surface area contributed by atoms with Gasteiger partial charge in [-0.15, -0.1) is 0 Å². The third-order valence-corrected chi connectivity index (χ3v) is 6.38. The van der Waals surface area contributed by atoms with Crippen LogP contribution in [0.5, 0.6) is 0 Å². The van der Waals surface area contributed by atoms with E-state index in [1.165, 1.54) is 12.5 Å². The Balaban J connectivity index is 1.77. The number of hydrogen-bond acceptors (Lipinski definition) is 7. The topological polar surface area (TPSA) is 238 Å². The number of carboxylic acids is 1. The first-order valence-corrected chi connectivity index (χ1v) is 12.7. The summed E-state index contributed by atoms with van der Waals surface area (Å²) in [5, 5.41) is 18.0. The van der Waals surface area contributed by atoms with Crippen molar-refractivity contribution >= 4 is 40.5 Å². The van der Waals surface area contributed by atoms with Crippen LogP contribution in [0.1, 0.15) is 31.5 Å². The molecule has 0 radical (unpaired) electrons. The number of carbonyl (C=O) groups is 5. The molecule has 40 heavy (non-hydrogen) atoms. The van der Waals surface area contributed by atoms with Gasteiger partial charge in [0.2, 0.25) is 23.6 Å². The smallest absolute Gasteiger partial charge is 0.326 e. The molecule has 4 unspecified atom stereocenters. The Morgan fingerprint density at radius 1 is 0.925 bits per heavy atom. The number of nitrogens with zero attached hydrogens (tertiary/aromatic N) is 1. The molecule has 0 spiro atoms. The van der Waals surface area contributed by atoms with Gasteiger partial charge in [0.05, 0.1) is 18.8 Å². The predicted octanol–water partition coefficient (Wildman–Crippen LogP) is -0.926. The molecule has 214 valence electrons. The summed E-state index contributed by atoms with van der Waals surface area (Å²) in [7, 11) is 0. The van der Waals surface area contributed by atoms with E-state index in [2.05, 4.69) is 30.9 Å². The van der Waals surface area contributed by atoms with Crippen LogP contribution in [0.2, 0.25) is 0 Å². The summed E-state index contributed by atoms with van der Waals surface area (Å²) in [4.78, 5) is 72.6. The predicted molar refractivity (Wildman–Crippen MR) is 144 cm³/mol. The molecule has 4 amide bonds. The van der Waals surface area contributed by atoms with E-state index in [4.69, 9.17) is 11.5 Å². The van der Waals surface area contributed by atoms with Crippen LogP contribution in [0.25, 0.3) is 10.9 Å². The van der Waals surface area contributed by atoms with Gasteiger partial charge in [0.25, 0.3) is 0 Å². The number of aromatic amines is 2. The number of benzene rings is 1. The van der Waals surface area contributed by atoms with Crippen LogP contribution in [0.15, 0.2) is 43.0 Å². The number of hydrogen-bond donors (Lipinski definition) is 8. The Hall–Kier alpha value is -4.72. The van der Waals surface area contributed by atoms with Crippen molar-refractivity contribution in [2.75, 3.05) is 0 Å². The first-order valence-electron chi connectivity index (χ1n) is 12.7. The van der Waals surface area contributed by atoms with Crippen LogP contribution >= 0.6 is 0 Å². The normalized spacial score (nSPS) is 14.2. The molecule has 2 aromatic heterocycles. The molecule has 2 heterocycles. The van der Waals surface area contributed by atoms with Gasteiger partial charge in [-0.2, -0.15) is 0 Å². The van der Waals surface area contributed by atoms with E-state index in [1.54, 1.807) is 26.1 Å². The Kier molecular flexibility index (Phi) is 9.97. The highest BCUT2D eigenvalue weighted by atomic mass is 16.4. The van der Waals surface area contributed by atoms with Crippen molar-refractivity contribution in [1.29, 1.82) is 0 Å². The lowest BCUT2D eigenvalue weighted by atomic mass is 10.0. The van der Waals surface area contributed by atoms with Crippen LogP contribution in [0.4, 0.5) is 0 Å². The van der Waals surface area contributed by atoms with Gasteiger partial charge in [0.1, 0.15) is 18.1 Å². The van der Waals surface area contributed by atoms with E-state index in [-0.39, 0.29) is 18.8 Å². The second-order valence-electron chi connectivity index (χ2n) is 9.81. The number of nitrogens with two attached hydrogens (primary N) is 2. The fraction of sp³-hybridized carbons (Fsp3) is 0.385. The highest BCUT2D eigenvalue weighted by Crippen LogP contribution is 2.19. The molecule has 14 nitrogen and oxygen atoms in total. The van der Waals surface area contributed by atoms with Crippen molar-refractivity contribution in [1.82, 2.24) is 30.9 Å².